The third kappa shape index (κ3) is 4.98. The summed E-state index contributed by atoms with van der Waals surface area (Å²) in [6, 6.07) is 5.39. The van der Waals surface area contributed by atoms with E-state index in [0.717, 1.165) is 0 Å². The Morgan fingerprint density at radius 2 is 1.85 bits per heavy atom. The van der Waals surface area contributed by atoms with E-state index in [-0.39, 0.29) is 17.9 Å². The van der Waals surface area contributed by atoms with E-state index >= 15 is 0 Å². The van der Waals surface area contributed by atoms with Gasteiger partial charge >= 0.3 is 11.9 Å². The molecule has 0 saturated carbocycles. The second-order valence-corrected chi connectivity index (χ2v) is 5.61. The number of benzene rings is 1. The molecule has 1 rings (SSSR count). The summed E-state index contributed by atoms with van der Waals surface area (Å²) in [7, 11) is -3.82. The molecule has 0 atom stereocenters. The molecule has 7 nitrogen and oxygen atoms in total. The Bertz CT molecular complexity index is 578. The van der Waals surface area contributed by atoms with Gasteiger partial charge in [-0.15, -0.1) is 0 Å². The van der Waals surface area contributed by atoms with Crippen LogP contribution >= 0.6 is 0 Å². The van der Waals surface area contributed by atoms with Gasteiger partial charge in [0.1, 0.15) is 6.54 Å². The minimum atomic E-state index is -3.82. The molecule has 20 heavy (non-hydrogen) atoms. The number of hydrogen-bond donors (Lipinski definition) is 2. The van der Waals surface area contributed by atoms with E-state index < -0.39 is 28.5 Å². The van der Waals surface area contributed by atoms with Crippen molar-refractivity contribution in [3.63, 3.8) is 0 Å². The van der Waals surface area contributed by atoms with Crippen molar-refractivity contribution in [3.8, 4) is 0 Å². The minimum Gasteiger partial charge on any atom is -0.481 e. The summed E-state index contributed by atoms with van der Waals surface area (Å²) in [5.74, 6) is -1.67. The lowest BCUT2D eigenvalue weighted by molar-refractivity contribution is -0.141. The molecule has 0 bridgehead atoms. The average Bonchev–Trinajstić information content (AvgIpc) is 2.37. The van der Waals surface area contributed by atoms with Crippen molar-refractivity contribution < 1.29 is 27.9 Å². The maximum atomic E-state index is 11.8. The molecule has 1 aromatic rings. The number of aliphatic carboxylic acids is 1. The fraction of sp³-hybridized carbons (Fsp3) is 0.333. The molecule has 0 aliphatic carbocycles. The number of sulfonamides is 1. The van der Waals surface area contributed by atoms with Crippen LogP contribution < -0.4 is 4.72 Å². The van der Waals surface area contributed by atoms with Crippen LogP contribution in [0.2, 0.25) is 0 Å². The Hall–Kier alpha value is -1.93. The SMILES string of the molecule is CCOC(=O)CNS(=O)(=O)c1ccc(CC(=O)O)cc1. The van der Waals surface area contributed by atoms with Crippen molar-refractivity contribution >= 4 is 22.0 Å². The van der Waals surface area contributed by atoms with Crippen LogP contribution in [-0.4, -0.2) is 38.6 Å². The summed E-state index contributed by atoms with van der Waals surface area (Å²) in [5.41, 5.74) is 0.488. The Morgan fingerprint density at radius 1 is 1.25 bits per heavy atom. The van der Waals surface area contributed by atoms with Gasteiger partial charge < -0.3 is 9.84 Å². The number of carboxylic acids is 1. The number of esters is 1. The molecule has 0 unspecified atom stereocenters. The zero-order chi connectivity index (χ0) is 15.2. The van der Waals surface area contributed by atoms with Gasteiger partial charge in [0.15, 0.2) is 0 Å². The minimum absolute atomic E-state index is 0.0454. The van der Waals surface area contributed by atoms with Crippen molar-refractivity contribution in [1.29, 1.82) is 0 Å². The molecular weight excluding hydrogens is 286 g/mol. The lowest BCUT2D eigenvalue weighted by Crippen LogP contribution is -2.30. The van der Waals surface area contributed by atoms with Crippen LogP contribution in [0.3, 0.4) is 0 Å². The number of ether oxygens (including phenoxy) is 1. The highest BCUT2D eigenvalue weighted by Gasteiger charge is 2.16. The summed E-state index contributed by atoms with van der Waals surface area (Å²) in [6.07, 6.45) is -0.184. The molecular formula is C12H15NO6S. The Labute approximate surface area is 116 Å². The van der Waals surface area contributed by atoms with Crippen LogP contribution in [0, 0.1) is 0 Å². The highest BCUT2D eigenvalue weighted by Crippen LogP contribution is 2.10. The second-order valence-electron chi connectivity index (χ2n) is 3.84. The summed E-state index contributed by atoms with van der Waals surface area (Å²) in [5, 5.41) is 8.61. The van der Waals surface area contributed by atoms with Crippen molar-refractivity contribution in [1.82, 2.24) is 4.72 Å². The molecule has 0 amide bonds. The zero-order valence-corrected chi connectivity index (χ0v) is 11.6. The third-order valence-corrected chi connectivity index (χ3v) is 3.72. The van der Waals surface area contributed by atoms with Gasteiger partial charge in [0.05, 0.1) is 17.9 Å². The summed E-state index contributed by atoms with van der Waals surface area (Å²) < 4.78 is 30.4. The standard InChI is InChI=1S/C12H15NO6S/c1-2-19-12(16)8-13-20(17,18)10-5-3-9(4-6-10)7-11(14)15/h3-6,13H,2,7-8H2,1H3,(H,14,15). The number of hydrogen-bond acceptors (Lipinski definition) is 5. The van der Waals surface area contributed by atoms with Crippen molar-refractivity contribution in [3.05, 3.63) is 29.8 Å². The fourth-order valence-corrected chi connectivity index (χ4v) is 2.38. The molecule has 1 aromatic carbocycles. The van der Waals surface area contributed by atoms with E-state index in [0.29, 0.717) is 5.56 Å². The lowest BCUT2D eigenvalue weighted by Gasteiger charge is -2.07. The van der Waals surface area contributed by atoms with Gasteiger partial charge in [-0.05, 0) is 24.6 Å². The van der Waals surface area contributed by atoms with Gasteiger partial charge in [-0.25, -0.2) is 8.42 Å². The maximum Gasteiger partial charge on any atom is 0.321 e. The van der Waals surface area contributed by atoms with Crippen molar-refractivity contribution in [2.45, 2.75) is 18.2 Å². The van der Waals surface area contributed by atoms with E-state index in [9.17, 15) is 18.0 Å². The fourth-order valence-electron chi connectivity index (χ4n) is 1.41. The quantitative estimate of drug-likeness (QED) is 0.694. The Morgan fingerprint density at radius 3 is 2.35 bits per heavy atom. The largest absolute Gasteiger partial charge is 0.481 e. The predicted molar refractivity (Wildman–Crippen MR) is 69.6 cm³/mol. The maximum absolute atomic E-state index is 11.8. The summed E-state index contributed by atoms with van der Waals surface area (Å²) in [6.45, 7) is 1.34. The number of rotatable bonds is 7. The van der Waals surface area contributed by atoms with Crippen LogP contribution in [0.4, 0.5) is 0 Å². The first-order valence-electron chi connectivity index (χ1n) is 5.81. The third-order valence-electron chi connectivity index (χ3n) is 2.30. The highest BCUT2D eigenvalue weighted by molar-refractivity contribution is 7.89. The first kappa shape index (κ1) is 16.1. The topological polar surface area (TPSA) is 110 Å². The van der Waals surface area contributed by atoms with E-state index in [1.54, 1.807) is 6.92 Å². The van der Waals surface area contributed by atoms with Crippen LogP contribution in [0.1, 0.15) is 12.5 Å². The van der Waals surface area contributed by atoms with Crippen molar-refractivity contribution in [2.75, 3.05) is 13.2 Å². The number of carbonyl (C=O) groups is 2. The van der Waals surface area contributed by atoms with Crippen LogP contribution in [0.15, 0.2) is 29.2 Å². The normalized spacial score (nSPS) is 11.1. The second kappa shape index (κ2) is 7.01. The highest BCUT2D eigenvalue weighted by atomic mass is 32.2. The first-order valence-corrected chi connectivity index (χ1v) is 7.29. The number of carboxylic acid groups (broad SMARTS) is 1. The molecule has 0 radical (unpaired) electrons. The zero-order valence-electron chi connectivity index (χ0n) is 10.8. The molecule has 2 N–H and O–H groups in total. The van der Waals surface area contributed by atoms with E-state index in [1.807, 2.05) is 0 Å². The van der Waals surface area contributed by atoms with Gasteiger partial charge in [0.2, 0.25) is 10.0 Å². The van der Waals surface area contributed by atoms with Crippen molar-refractivity contribution in [2.24, 2.45) is 0 Å². The van der Waals surface area contributed by atoms with Crippen LogP contribution in [0.25, 0.3) is 0 Å². The molecule has 0 aliphatic heterocycles. The predicted octanol–water partition coefficient (Wildman–Crippen LogP) is 0.155. The molecule has 0 fully saturated rings. The molecule has 0 aliphatic rings. The molecule has 0 spiro atoms. The average molecular weight is 301 g/mol. The van der Waals surface area contributed by atoms with Gasteiger partial charge in [-0.3, -0.25) is 9.59 Å². The molecule has 0 aromatic heterocycles. The Kier molecular flexibility index (Phi) is 5.66. The van der Waals surface area contributed by atoms with Crippen LogP contribution in [-0.2, 0) is 30.8 Å². The van der Waals surface area contributed by atoms with Gasteiger partial charge in [0.25, 0.3) is 0 Å². The molecule has 0 saturated heterocycles. The lowest BCUT2D eigenvalue weighted by atomic mass is 10.2. The van der Waals surface area contributed by atoms with Gasteiger partial charge in [0, 0.05) is 0 Å². The molecule has 8 heteroatoms. The van der Waals surface area contributed by atoms with E-state index in [1.165, 1.54) is 24.3 Å². The van der Waals surface area contributed by atoms with Gasteiger partial charge in [-0.2, -0.15) is 4.72 Å². The Balaban J connectivity index is 2.72. The van der Waals surface area contributed by atoms with Crippen LogP contribution in [0.5, 0.6) is 0 Å². The molecule has 0 heterocycles. The first-order chi connectivity index (χ1) is 9.35. The summed E-state index contributed by atoms with van der Waals surface area (Å²) in [4.78, 5) is 21.5. The monoisotopic (exact) mass is 301 g/mol. The number of carbonyl (C=O) groups excluding carboxylic acids is 1. The molecule has 110 valence electrons. The van der Waals surface area contributed by atoms with Gasteiger partial charge in [-0.1, -0.05) is 12.1 Å². The summed E-state index contributed by atoms with van der Waals surface area (Å²) >= 11 is 0. The number of nitrogens with one attached hydrogen (secondary N) is 1. The van der Waals surface area contributed by atoms with E-state index in [2.05, 4.69) is 9.46 Å². The van der Waals surface area contributed by atoms with E-state index in [4.69, 9.17) is 5.11 Å². The smallest absolute Gasteiger partial charge is 0.321 e.